The number of hydrogen-bond donors (Lipinski definition) is 0. The first-order valence-electron chi connectivity index (χ1n) is 18.6. The lowest BCUT2D eigenvalue weighted by Gasteiger charge is -2.28. The lowest BCUT2D eigenvalue weighted by Crippen LogP contribution is -2.45. The van der Waals surface area contributed by atoms with Gasteiger partial charge >= 0.3 is 0 Å². The van der Waals surface area contributed by atoms with Crippen LogP contribution in [0.1, 0.15) is 73.6 Å². The molecule has 0 fully saturated rings. The van der Waals surface area contributed by atoms with E-state index in [1.807, 2.05) is 0 Å². The number of furan rings is 2. The van der Waals surface area contributed by atoms with Crippen molar-refractivity contribution in [2.75, 3.05) is 0 Å². The summed E-state index contributed by atoms with van der Waals surface area (Å²) in [5.41, 5.74) is 4.62. The van der Waals surface area contributed by atoms with E-state index in [0.717, 1.165) is 11.2 Å². The maximum absolute atomic E-state index is 6.79. The Morgan fingerprint density at radius 2 is 0.957 bits per heavy atom. The van der Waals surface area contributed by atoms with Gasteiger partial charge in [-0.3, -0.25) is 0 Å². The third-order valence-corrected chi connectivity index (χ3v) is 29.4. The minimum atomic E-state index is -1.52. The van der Waals surface area contributed by atoms with Gasteiger partial charge in [-0.15, -0.1) is 0 Å². The van der Waals surface area contributed by atoms with E-state index in [4.69, 9.17) is 8.83 Å². The van der Waals surface area contributed by atoms with Gasteiger partial charge < -0.3 is 8.83 Å². The van der Waals surface area contributed by atoms with Crippen molar-refractivity contribution in [2.24, 2.45) is 0 Å². The zero-order valence-corrected chi connectivity index (χ0v) is 33.6. The number of hydrogen-bond acceptors (Lipinski definition) is 2. The lowest BCUT2D eigenvalue weighted by molar-refractivity contribution is 0.602. The fourth-order valence-electron chi connectivity index (χ4n) is 8.70. The molecule has 1 aliphatic rings. The van der Waals surface area contributed by atoms with E-state index in [-0.39, 0.29) is 0 Å². The van der Waals surface area contributed by atoms with E-state index in [1.54, 1.807) is 0 Å². The monoisotopic (exact) mass is 677 g/mol. The van der Waals surface area contributed by atoms with E-state index >= 15 is 0 Å². The summed E-state index contributed by atoms with van der Waals surface area (Å²) in [5.74, 6) is 1.17. The van der Waals surface area contributed by atoms with Crippen LogP contribution in [0.15, 0.2) is 75.6 Å². The summed E-state index contributed by atoms with van der Waals surface area (Å²) in [6.07, 6.45) is 7.88. The number of fused-ring (bicyclic) bond motifs is 6. The molecule has 0 aliphatic heterocycles. The van der Waals surface area contributed by atoms with Crippen molar-refractivity contribution in [1.82, 2.24) is 0 Å². The van der Waals surface area contributed by atoms with E-state index in [1.165, 1.54) is 103 Å². The standard InChI is InChI=1S/C24H35OSi2.C18H22OSi/c1-7-26(8-2,9-3)21-17-13-15-19-20-16-14-18-22(24(20)25-23(19)21)27(10-4,11-5)12-6;1-4-20(5-2,6-3)17-13-9-11-15-14-10-7-8-12-16(14)19-18(15)17/h13,15-18H,7-12H2,1-6H3;7-13H,4-6H2,1-3H3/q+1;. The number of benzene rings is 3. The fourth-order valence-corrected chi connectivity index (χ4v) is 19.9. The topological polar surface area (TPSA) is 26.3 Å². The van der Waals surface area contributed by atoms with Gasteiger partial charge in [-0.1, -0.05) is 147 Å². The van der Waals surface area contributed by atoms with Crippen molar-refractivity contribution in [2.45, 2.75) is 117 Å². The Hall–Kier alpha value is -2.96. The Kier molecular flexibility index (Phi) is 11.0. The summed E-state index contributed by atoms with van der Waals surface area (Å²) in [7, 11) is -4.44. The van der Waals surface area contributed by atoms with Crippen LogP contribution >= 0.6 is 0 Å². The molecule has 5 heteroatoms. The average molecular weight is 678 g/mol. The third kappa shape index (κ3) is 5.88. The van der Waals surface area contributed by atoms with Gasteiger partial charge in [-0.25, -0.2) is 0 Å². The molecule has 0 bridgehead atoms. The normalized spacial score (nSPS) is 13.4. The zero-order chi connectivity index (χ0) is 33.8. The maximum atomic E-state index is 6.79. The van der Waals surface area contributed by atoms with Crippen LogP contribution in [-0.4, -0.2) is 24.2 Å². The van der Waals surface area contributed by atoms with Crippen LogP contribution in [0.25, 0.3) is 44.2 Å². The quantitative estimate of drug-likeness (QED) is 0.0970. The highest BCUT2D eigenvalue weighted by Gasteiger charge is 2.44. The first kappa shape index (κ1) is 35.4. The molecule has 0 spiro atoms. The van der Waals surface area contributed by atoms with Crippen LogP contribution in [0.3, 0.4) is 0 Å². The summed E-state index contributed by atoms with van der Waals surface area (Å²) in [5, 5.41) is 8.37. The summed E-state index contributed by atoms with van der Waals surface area (Å²) in [4.78, 5) is 0. The molecular formula is C42H57O2Si3+. The summed E-state index contributed by atoms with van der Waals surface area (Å²) >= 11 is 0. The van der Waals surface area contributed by atoms with E-state index < -0.39 is 24.2 Å². The predicted octanol–water partition coefficient (Wildman–Crippen LogP) is 12.7. The molecule has 0 unspecified atom stereocenters. The van der Waals surface area contributed by atoms with E-state index in [9.17, 15) is 0 Å². The minimum Gasteiger partial charge on any atom is -0.456 e. The Labute approximate surface area is 287 Å². The Bertz CT molecular complexity index is 1850. The van der Waals surface area contributed by atoms with Gasteiger partial charge in [0.05, 0.1) is 26.7 Å². The van der Waals surface area contributed by atoms with Gasteiger partial charge in [0.2, 0.25) is 5.76 Å². The van der Waals surface area contributed by atoms with Crippen molar-refractivity contribution >= 4 is 78.8 Å². The van der Waals surface area contributed by atoms with Crippen LogP contribution in [0.4, 0.5) is 0 Å². The molecule has 0 radical (unpaired) electrons. The van der Waals surface area contributed by atoms with Crippen molar-refractivity contribution in [3.63, 3.8) is 0 Å². The predicted molar refractivity (Wildman–Crippen MR) is 216 cm³/mol. The molecule has 6 rings (SSSR count). The second kappa shape index (κ2) is 14.7. The molecule has 248 valence electrons. The van der Waals surface area contributed by atoms with E-state index in [0.29, 0.717) is 0 Å². The smallest absolute Gasteiger partial charge is 0.242 e. The molecule has 0 saturated carbocycles. The van der Waals surface area contributed by atoms with Crippen molar-refractivity contribution in [3.05, 3.63) is 84.1 Å². The van der Waals surface area contributed by atoms with Crippen LogP contribution in [0, 0.1) is 6.08 Å². The second-order valence-electron chi connectivity index (χ2n) is 13.7. The summed E-state index contributed by atoms with van der Waals surface area (Å²) in [6.45, 7) is 21.3. The Morgan fingerprint density at radius 3 is 1.49 bits per heavy atom. The molecule has 2 aromatic heterocycles. The highest BCUT2D eigenvalue weighted by atomic mass is 28.3. The highest BCUT2D eigenvalue weighted by molar-refractivity contribution is 6.96. The lowest BCUT2D eigenvalue weighted by atomic mass is 10.1. The molecule has 2 nitrogen and oxygen atoms in total. The summed E-state index contributed by atoms with van der Waals surface area (Å²) < 4.78 is 13.0. The SMILES string of the molecule is CC[Si](CC)(CC)C1=C[C+]=Cc2c1oc1c([Si](CC)(CC)CC)cccc21.CC[Si](CC)(CC)c1cccc2c1oc1ccccc12. The molecule has 1 aliphatic carbocycles. The number of rotatable bonds is 12. The Balaban J connectivity index is 0.000000193. The van der Waals surface area contributed by atoms with E-state index in [2.05, 4.69) is 141 Å². The average Bonchev–Trinajstić information content (AvgIpc) is 3.71. The largest absolute Gasteiger partial charge is 0.456 e. The number of para-hydroxylation sites is 3. The third-order valence-electron chi connectivity index (χ3n) is 12.7. The summed E-state index contributed by atoms with van der Waals surface area (Å²) in [6, 6.07) is 33.5. The van der Waals surface area contributed by atoms with Crippen molar-refractivity contribution in [3.8, 4) is 0 Å². The van der Waals surface area contributed by atoms with Crippen molar-refractivity contribution < 1.29 is 8.83 Å². The fraction of sp³-hybridized carbons (Fsp3) is 0.429. The Morgan fingerprint density at radius 1 is 0.489 bits per heavy atom. The van der Waals surface area contributed by atoms with Gasteiger partial charge in [-0.2, -0.15) is 0 Å². The highest BCUT2D eigenvalue weighted by Crippen LogP contribution is 2.43. The van der Waals surface area contributed by atoms with Crippen molar-refractivity contribution in [1.29, 1.82) is 0 Å². The molecule has 3 aromatic carbocycles. The van der Waals surface area contributed by atoms with Crippen LogP contribution in [0.5, 0.6) is 0 Å². The minimum absolute atomic E-state index is 1.01. The zero-order valence-electron chi connectivity index (χ0n) is 30.6. The molecular weight excluding hydrogens is 621 g/mol. The van der Waals surface area contributed by atoms with Gasteiger partial charge in [0, 0.05) is 16.8 Å². The first-order chi connectivity index (χ1) is 22.8. The van der Waals surface area contributed by atoms with Gasteiger partial charge in [-0.05, 0) is 40.6 Å². The van der Waals surface area contributed by atoms with Gasteiger partial charge in [0.1, 0.15) is 28.9 Å². The van der Waals surface area contributed by atoms with Gasteiger partial charge in [0.15, 0.2) is 13.7 Å². The molecule has 5 aromatic rings. The first-order valence-corrected chi connectivity index (χ1v) is 26.4. The molecule has 0 saturated heterocycles. The molecule has 2 heterocycles. The maximum Gasteiger partial charge on any atom is 0.242 e. The van der Waals surface area contributed by atoms with Gasteiger partial charge in [0.25, 0.3) is 0 Å². The van der Waals surface area contributed by atoms with Crippen LogP contribution < -0.4 is 10.4 Å². The molecule has 0 N–H and O–H groups in total. The second-order valence-corrected chi connectivity index (χ2v) is 29.4. The van der Waals surface area contributed by atoms with Crippen LogP contribution in [0.2, 0.25) is 54.4 Å². The molecule has 0 amide bonds. The molecule has 47 heavy (non-hydrogen) atoms. The molecule has 0 atom stereocenters. The van der Waals surface area contributed by atoms with Crippen LogP contribution in [-0.2, 0) is 0 Å². The number of allylic oxidation sites excluding steroid dienone is 2.